The summed E-state index contributed by atoms with van der Waals surface area (Å²) in [5.41, 5.74) is 1.34. The van der Waals surface area contributed by atoms with Crippen LogP contribution in [0.4, 0.5) is 18.9 Å². The first kappa shape index (κ1) is 22.9. The second-order valence-electron chi connectivity index (χ2n) is 6.88. The molecule has 0 saturated carbocycles. The fraction of sp³-hybridized carbons (Fsp3) is 0.217. The Labute approximate surface area is 183 Å². The minimum absolute atomic E-state index is 0.108. The molecule has 0 aliphatic heterocycles. The molecule has 2 aromatic carbocycles. The third-order valence-electron chi connectivity index (χ3n) is 4.44. The van der Waals surface area contributed by atoms with Crippen LogP contribution in [0.15, 0.2) is 76.3 Å². The molecule has 1 amide bonds. The van der Waals surface area contributed by atoms with Gasteiger partial charge in [-0.2, -0.15) is 13.2 Å². The number of alkyl halides is 3. The van der Waals surface area contributed by atoms with Crippen LogP contribution in [-0.4, -0.2) is 18.4 Å². The van der Waals surface area contributed by atoms with Gasteiger partial charge in [-0.05, 0) is 54.4 Å². The largest absolute Gasteiger partial charge is 0.459 e. The summed E-state index contributed by atoms with van der Waals surface area (Å²) in [4.78, 5) is 16.4. The van der Waals surface area contributed by atoms with Crippen LogP contribution in [0.1, 0.15) is 34.2 Å². The van der Waals surface area contributed by atoms with Crippen LogP contribution >= 0.6 is 0 Å². The van der Waals surface area contributed by atoms with Gasteiger partial charge in [-0.3, -0.25) is 4.79 Å². The van der Waals surface area contributed by atoms with Gasteiger partial charge in [0.25, 0.3) is 5.91 Å². The minimum Gasteiger partial charge on any atom is -0.459 e. The molecular weight excluding hydrogens is 421 g/mol. The first-order valence-electron chi connectivity index (χ1n) is 9.97. The average Bonchev–Trinajstić information content (AvgIpc) is 3.31. The number of carbonyl (C=O) groups is 1. The predicted octanol–water partition coefficient (Wildman–Crippen LogP) is 4.81. The Morgan fingerprint density at radius 2 is 1.78 bits per heavy atom. The van der Waals surface area contributed by atoms with Crippen LogP contribution in [0.5, 0.6) is 0 Å². The van der Waals surface area contributed by atoms with Gasteiger partial charge in [-0.25, -0.2) is 4.99 Å². The predicted molar refractivity (Wildman–Crippen MR) is 116 cm³/mol. The number of aliphatic imine (C=N–C) groups is 1. The van der Waals surface area contributed by atoms with Crippen molar-refractivity contribution in [3.05, 3.63) is 89.4 Å². The summed E-state index contributed by atoms with van der Waals surface area (Å²) in [7, 11) is 0. The van der Waals surface area contributed by atoms with E-state index in [1.54, 1.807) is 30.3 Å². The SMILES string of the molecule is CCNC(=NCc1cccc(C(F)(F)F)c1)NCc1ccc(NC(=O)c2ccco2)cc1. The molecule has 0 unspecified atom stereocenters. The maximum absolute atomic E-state index is 12.9. The zero-order chi connectivity index (χ0) is 23.0. The number of halogens is 3. The van der Waals surface area contributed by atoms with Gasteiger partial charge in [-0.1, -0.05) is 24.3 Å². The van der Waals surface area contributed by atoms with Gasteiger partial charge < -0.3 is 20.4 Å². The number of nitrogens with one attached hydrogen (secondary N) is 3. The summed E-state index contributed by atoms with van der Waals surface area (Å²) in [5.74, 6) is 0.375. The van der Waals surface area contributed by atoms with Crippen molar-refractivity contribution < 1.29 is 22.4 Å². The Morgan fingerprint density at radius 1 is 1.00 bits per heavy atom. The maximum Gasteiger partial charge on any atom is 0.416 e. The van der Waals surface area contributed by atoms with Crippen molar-refractivity contribution in [2.24, 2.45) is 4.99 Å². The van der Waals surface area contributed by atoms with Crippen molar-refractivity contribution in [2.75, 3.05) is 11.9 Å². The Balaban J connectivity index is 1.57. The minimum atomic E-state index is -4.38. The van der Waals surface area contributed by atoms with Gasteiger partial charge in [0, 0.05) is 18.8 Å². The van der Waals surface area contributed by atoms with Crippen molar-refractivity contribution in [1.29, 1.82) is 0 Å². The number of nitrogens with zero attached hydrogens (tertiary/aromatic N) is 1. The molecule has 32 heavy (non-hydrogen) atoms. The highest BCUT2D eigenvalue weighted by atomic mass is 19.4. The Hall–Kier alpha value is -3.75. The molecule has 9 heteroatoms. The van der Waals surface area contributed by atoms with Crippen molar-refractivity contribution >= 4 is 17.6 Å². The van der Waals surface area contributed by atoms with Gasteiger partial charge in [0.15, 0.2) is 11.7 Å². The highest BCUT2D eigenvalue weighted by Crippen LogP contribution is 2.29. The molecule has 3 N–H and O–H groups in total. The molecule has 0 aliphatic rings. The number of guanidine groups is 1. The fourth-order valence-corrected chi connectivity index (χ4v) is 2.85. The molecule has 0 atom stereocenters. The smallest absolute Gasteiger partial charge is 0.416 e. The molecule has 1 heterocycles. The second kappa shape index (κ2) is 10.5. The topological polar surface area (TPSA) is 78.7 Å². The van der Waals surface area contributed by atoms with E-state index in [2.05, 4.69) is 20.9 Å². The molecule has 6 nitrogen and oxygen atoms in total. The molecule has 0 saturated heterocycles. The van der Waals surface area contributed by atoms with E-state index in [-0.39, 0.29) is 18.2 Å². The number of hydrogen-bond acceptors (Lipinski definition) is 3. The van der Waals surface area contributed by atoms with Crippen LogP contribution in [0.25, 0.3) is 0 Å². The van der Waals surface area contributed by atoms with Crippen LogP contribution in [0, 0.1) is 0 Å². The summed E-state index contributed by atoms with van der Waals surface area (Å²) in [6.07, 6.45) is -2.95. The lowest BCUT2D eigenvalue weighted by atomic mass is 10.1. The third kappa shape index (κ3) is 6.63. The molecule has 168 valence electrons. The Kier molecular flexibility index (Phi) is 7.54. The quantitative estimate of drug-likeness (QED) is 0.361. The van der Waals surface area contributed by atoms with Crippen molar-refractivity contribution in [2.45, 2.75) is 26.2 Å². The standard InChI is InChI=1S/C23H23F3N4O2/c1-2-27-22(29-15-17-5-3-6-18(13-17)23(24,25)26)28-14-16-8-10-19(11-9-16)30-21(31)20-7-4-12-32-20/h3-13H,2,14-15H2,1H3,(H,30,31)(H2,27,28,29). The molecule has 0 spiro atoms. The summed E-state index contributed by atoms with van der Waals surface area (Å²) < 4.78 is 43.7. The summed E-state index contributed by atoms with van der Waals surface area (Å²) in [5, 5.41) is 8.96. The Bertz CT molecular complexity index is 1050. The monoisotopic (exact) mass is 444 g/mol. The molecule has 0 radical (unpaired) electrons. The van der Waals surface area contributed by atoms with Crippen molar-refractivity contribution in [1.82, 2.24) is 10.6 Å². The molecule has 3 rings (SSSR count). The number of furan rings is 1. The molecule has 1 aromatic heterocycles. The summed E-state index contributed by atoms with van der Waals surface area (Å²) >= 11 is 0. The third-order valence-corrected chi connectivity index (χ3v) is 4.44. The summed E-state index contributed by atoms with van der Waals surface area (Å²) in [6, 6.07) is 15.6. The number of amides is 1. The number of benzene rings is 2. The van der Waals surface area contributed by atoms with Gasteiger partial charge >= 0.3 is 6.18 Å². The van der Waals surface area contributed by atoms with E-state index in [9.17, 15) is 18.0 Å². The number of anilines is 1. The van der Waals surface area contributed by atoms with E-state index < -0.39 is 11.7 Å². The van der Waals surface area contributed by atoms with Crippen LogP contribution < -0.4 is 16.0 Å². The van der Waals surface area contributed by atoms with E-state index in [0.717, 1.165) is 17.7 Å². The van der Waals surface area contributed by atoms with Crippen LogP contribution in [-0.2, 0) is 19.3 Å². The van der Waals surface area contributed by atoms with Gasteiger partial charge in [0.05, 0.1) is 18.4 Å². The molecule has 0 bridgehead atoms. The zero-order valence-electron chi connectivity index (χ0n) is 17.4. The maximum atomic E-state index is 12.9. The number of carbonyl (C=O) groups excluding carboxylic acids is 1. The number of rotatable bonds is 7. The van der Waals surface area contributed by atoms with Gasteiger partial charge in [-0.15, -0.1) is 0 Å². The lowest BCUT2D eigenvalue weighted by Gasteiger charge is -2.12. The van der Waals surface area contributed by atoms with E-state index in [1.807, 2.05) is 19.1 Å². The van der Waals surface area contributed by atoms with Gasteiger partial charge in [0.2, 0.25) is 0 Å². The average molecular weight is 444 g/mol. The van der Waals surface area contributed by atoms with Crippen LogP contribution in [0.3, 0.4) is 0 Å². The van der Waals surface area contributed by atoms with Crippen molar-refractivity contribution in [3.63, 3.8) is 0 Å². The summed E-state index contributed by atoms with van der Waals surface area (Å²) in [6.45, 7) is 3.06. The van der Waals surface area contributed by atoms with Crippen molar-refractivity contribution in [3.8, 4) is 0 Å². The van der Waals surface area contributed by atoms with E-state index in [4.69, 9.17) is 4.42 Å². The van der Waals surface area contributed by atoms with E-state index >= 15 is 0 Å². The first-order valence-corrected chi connectivity index (χ1v) is 9.97. The molecule has 0 fully saturated rings. The van der Waals surface area contributed by atoms with Gasteiger partial charge in [0.1, 0.15) is 0 Å². The second-order valence-corrected chi connectivity index (χ2v) is 6.88. The lowest BCUT2D eigenvalue weighted by Crippen LogP contribution is -2.36. The van der Waals surface area contributed by atoms with E-state index in [0.29, 0.717) is 30.3 Å². The normalized spacial score (nSPS) is 11.8. The Morgan fingerprint density at radius 3 is 2.44 bits per heavy atom. The highest BCUT2D eigenvalue weighted by Gasteiger charge is 2.30. The lowest BCUT2D eigenvalue weighted by molar-refractivity contribution is -0.137. The fourth-order valence-electron chi connectivity index (χ4n) is 2.85. The van der Waals surface area contributed by atoms with Crippen LogP contribution in [0.2, 0.25) is 0 Å². The first-order chi connectivity index (χ1) is 15.3. The number of hydrogen-bond donors (Lipinski definition) is 3. The zero-order valence-corrected chi connectivity index (χ0v) is 17.4. The highest BCUT2D eigenvalue weighted by molar-refractivity contribution is 6.02. The molecule has 3 aromatic rings. The molecular formula is C23H23F3N4O2. The van der Waals surface area contributed by atoms with E-state index in [1.165, 1.54) is 12.3 Å². The molecule has 0 aliphatic carbocycles.